The first-order valence-electron chi connectivity index (χ1n) is 7.32. The SMILES string of the molecule is CCC1SCCSC1C(O)c1ccnn1-c1ccccc1. The van der Waals surface area contributed by atoms with Gasteiger partial charge in [-0.2, -0.15) is 28.6 Å². The van der Waals surface area contributed by atoms with Crippen LogP contribution in [0.15, 0.2) is 42.6 Å². The second-order valence-electron chi connectivity index (χ2n) is 5.10. The summed E-state index contributed by atoms with van der Waals surface area (Å²) in [6.45, 7) is 2.21. The average Bonchev–Trinajstić information content (AvgIpc) is 3.04. The van der Waals surface area contributed by atoms with E-state index in [1.807, 2.05) is 64.6 Å². The van der Waals surface area contributed by atoms with Gasteiger partial charge in [0.1, 0.15) is 6.10 Å². The maximum Gasteiger partial charge on any atom is 0.109 e. The van der Waals surface area contributed by atoms with E-state index in [-0.39, 0.29) is 5.25 Å². The third-order valence-electron chi connectivity index (χ3n) is 3.78. The number of hydrogen-bond donors (Lipinski definition) is 1. The lowest BCUT2D eigenvalue weighted by Crippen LogP contribution is -2.32. The van der Waals surface area contributed by atoms with E-state index in [0.717, 1.165) is 23.6 Å². The van der Waals surface area contributed by atoms with Gasteiger partial charge >= 0.3 is 0 Å². The van der Waals surface area contributed by atoms with Gasteiger partial charge in [-0.05, 0) is 24.6 Å². The van der Waals surface area contributed by atoms with Gasteiger partial charge in [-0.15, -0.1) is 0 Å². The van der Waals surface area contributed by atoms with Crippen LogP contribution in [0.2, 0.25) is 0 Å². The fourth-order valence-electron chi connectivity index (χ4n) is 2.72. The summed E-state index contributed by atoms with van der Waals surface area (Å²) in [4.78, 5) is 0. The van der Waals surface area contributed by atoms with Crippen molar-refractivity contribution in [3.8, 4) is 5.69 Å². The van der Waals surface area contributed by atoms with Crippen molar-refractivity contribution in [3.63, 3.8) is 0 Å². The molecule has 112 valence electrons. The number of aromatic nitrogens is 2. The minimum Gasteiger partial charge on any atom is -0.386 e. The zero-order valence-corrected chi connectivity index (χ0v) is 13.7. The first-order valence-corrected chi connectivity index (χ1v) is 9.41. The van der Waals surface area contributed by atoms with Gasteiger partial charge in [-0.1, -0.05) is 25.1 Å². The summed E-state index contributed by atoms with van der Waals surface area (Å²) in [6.07, 6.45) is 2.39. The van der Waals surface area contributed by atoms with E-state index in [1.54, 1.807) is 6.20 Å². The Bertz CT molecular complexity index is 573. The van der Waals surface area contributed by atoms with E-state index < -0.39 is 6.10 Å². The lowest BCUT2D eigenvalue weighted by Gasteiger charge is -2.33. The molecule has 0 saturated carbocycles. The highest BCUT2D eigenvalue weighted by molar-refractivity contribution is 8.07. The summed E-state index contributed by atoms with van der Waals surface area (Å²) in [5.41, 5.74) is 1.89. The van der Waals surface area contributed by atoms with E-state index in [4.69, 9.17) is 0 Å². The van der Waals surface area contributed by atoms with Gasteiger partial charge in [0, 0.05) is 28.2 Å². The number of aliphatic hydroxyl groups excluding tert-OH is 1. The average molecular weight is 320 g/mol. The largest absolute Gasteiger partial charge is 0.386 e. The molecule has 1 aliphatic heterocycles. The molecule has 1 N–H and O–H groups in total. The molecule has 5 heteroatoms. The molecular weight excluding hydrogens is 300 g/mol. The number of benzene rings is 1. The minimum atomic E-state index is -0.476. The molecule has 3 nitrogen and oxygen atoms in total. The van der Waals surface area contributed by atoms with Crippen molar-refractivity contribution >= 4 is 23.5 Å². The monoisotopic (exact) mass is 320 g/mol. The predicted octanol–water partition coefficient (Wildman–Crippen LogP) is 3.53. The van der Waals surface area contributed by atoms with E-state index >= 15 is 0 Å². The molecular formula is C16H20N2OS2. The molecule has 1 aromatic heterocycles. The van der Waals surface area contributed by atoms with Crippen LogP contribution in [0.1, 0.15) is 25.1 Å². The molecule has 3 unspecified atom stereocenters. The fourth-order valence-corrected chi connectivity index (χ4v) is 5.84. The summed E-state index contributed by atoms with van der Waals surface area (Å²) < 4.78 is 1.86. The van der Waals surface area contributed by atoms with Crippen molar-refractivity contribution < 1.29 is 5.11 Å². The molecule has 2 heterocycles. The zero-order chi connectivity index (χ0) is 14.7. The van der Waals surface area contributed by atoms with Crippen LogP contribution in [-0.4, -0.2) is 36.9 Å². The predicted molar refractivity (Wildman–Crippen MR) is 91.3 cm³/mol. The molecule has 3 atom stereocenters. The maximum absolute atomic E-state index is 10.9. The van der Waals surface area contributed by atoms with Crippen LogP contribution in [0, 0.1) is 0 Å². The van der Waals surface area contributed by atoms with Crippen LogP contribution < -0.4 is 0 Å². The van der Waals surface area contributed by atoms with Crippen molar-refractivity contribution in [1.29, 1.82) is 0 Å². The highest BCUT2D eigenvalue weighted by atomic mass is 32.2. The Balaban J connectivity index is 1.88. The number of aliphatic hydroxyl groups is 1. The Morgan fingerprint density at radius 1 is 1.24 bits per heavy atom. The molecule has 3 rings (SSSR count). The Morgan fingerprint density at radius 2 is 2.00 bits per heavy atom. The fraction of sp³-hybridized carbons (Fsp3) is 0.438. The molecule has 21 heavy (non-hydrogen) atoms. The molecule has 0 bridgehead atoms. The topological polar surface area (TPSA) is 38.1 Å². The Hall–Kier alpha value is -0.910. The summed E-state index contributed by atoms with van der Waals surface area (Å²) in [6, 6.07) is 11.9. The zero-order valence-electron chi connectivity index (χ0n) is 12.1. The van der Waals surface area contributed by atoms with Crippen LogP contribution in [0.4, 0.5) is 0 Å². The molecule has 2 aromatic rings. The standard InChI is InChI=1S/C16H20N2OS2/c1-2-14-16(21-11-10-20-14)15(19)13-8-9-17-18(13)12-6-4-3-5-7-12/h3-9,14-16,19H,2,10-11H2,1H3. The number of nitrogens with zero attached hydrogens (tertiary/aromatic N) is 2. The summed E-state index contributed by atoms with van der Waals surface area (Å²) in [5, 5.41) is 16.0. The van der Waals surface area contributed by atoms with Gasteiger partial charge in [0.15, 0.2) is 0 Å². The van der Waals surface area contributed by atoms with E-state index in [2.05, 4.69) is 12.0 Å². The van der Waals surface area contributed by atoms with Crippen molar-refractivity contribution in [2.75, 3.05) is 11.5 Å². The van der Waals surface area contributed by atoms with Gasteiger partial charge in [0.05, 0.1) is 11.4 Å². The number of para-hydroxylation sites is 1. The molecule has 0 aliphatic carbocycles. The second-order valence-corrected chi connectivity index (χ2v) is 7.73. The van der Waals surface area contributed by atoms with Gasteiger partial charge in [0.2, 0.25) is 0 Å². The van der Waals surface area contributed by atoms with Gasteiger partial charge in [0.25, 0.3) is 0 Å². The molecule has 0 radical (unpaired) electrons. The lowest BCUT2D eigenvalue weighted by molar-refractivity contribution is 0.164. The molecule has 0 amide bonds. The number of rotatable bonds is 4. The Kier molecular flexibility index (Phi) is 4.93. The first-order chi connectivity index (χ1) is 10.3. The smallest absolute Gasteiger partial charge is 0.109 e. The Labute approximate surface area is 134 Å². The highest BCUT2D eigenvalue weighted by Crippen LogP contribution is 2.40. The van der Waals surface area contributed by atoms with E-state index in [9.17, 15) is 5.11 Å². The third kappa shape index (κ3) is 3.15. The first kappa shape index (κ1) is 15.0. The number of thioether (sulfide) groups is 2. The summed E-state index contributed by atoms with van der Waals surface area (Å²) in [7, 11) is 0. The third-order valence-corrected chi connectivity index (χ3v) is 7.12. The molecule has 1 aromatic carbocycles. The van der Waals surface area contributed by atoms with Crippen LogP contribution in [0.5, 0.6) is 0 Å². The van der Waals surface area contributed by atoms with E-state index in [0.29, 0.717) is 5.25 Å². The Morgan fingerprint density at radius 3 is 2.76 bits per heavy atom. The molecule has 1 fully saturated rings. The van der Waals surface area contributed by atoms with Crippen LogP contribution >= 0.6 is 23.5 Å². The summed E-state index contributed by atoms with van der Waals surface area (Å²) >= 11 is 3.88. The van der Waals surface area contributed by atoms with Crippen molar-refractivity contribution in [2.45, 2.75) is 29.9 Å². The van der Waals surface area contributed by atoms with Gasteiger partial charge in [-0.25, -0.2) is 4.68 Å². The normalized spacial score (nSPS) is 23.9. The minimum absolute atomic E-state index is 0.243. The molecule has 0 spiro atoms. The van der Waals surface area contributed by atoms with Gasteiger partial charge in [-0.3, -0.25) is 0 Å². The summed E-state index contributed by atoms with van der Waals surface area (Å²) in [5.74, 6) is 2.30. The van der Waals surface area contributed by atoms with Crippen LogP contribution in [-0.2, 0) is 0 Å². The quantitative estimate of drug-likeness (QED) is 0.935. The maximum atomic E-state index is 10.9. The highest BCUT2D eigenvalue weighted by Gasteiger charge is 2.33. The number of hydrogen-bond acceptors (Lipinski definition) is 4. The van der Waals surface area contributed by atoms with Crippen LogP contribution in [0.25, 0.3) is 5.69 Å². The molecule has 1 saturated heterocycles. The van der Waals surface area contributed by atoms with E-state index in [1.165, 1.54) is 5.75 Å². The second kappa shape index (κ2) is 6.90. The lowest BCUT2D eigenvalue weighted by atomic mass is 10.1. The van der Waals surface area contributed by atoms with Crippen molar-refractivity contribution in [2.24, 2.45) is 0 Å². The van der Waals surface area contributed by atoms with Crippen molar-refractivity contribution in [1.82, 2.24) is 9.78 Å². The molecule has 1 aliphatic rings. The van der Waals surface area contributed by atoms with Crippen LogP contribution in [0.3, 0.4) is 0 Å². The van der Waals surface area contributed by atoms with Crippen molar-refractivity contribution in [3.05, 3.63) is 48.3 Å². The van der Waals surface area contributed by atoms with Gasteiger partial charge < -0.3 is 5.11 Å².